The molecular weight excluding hydrogens is 376 g/mol. The molecule has 0 radical (unpaired) electrons. The van der Waals surface area contributed by atoms with Crippen LogP contribution in [0.1, 0.15) is 29.9 Å². The number of thiocarbonyl (C=S) groups is 1. The summed E-state index contributed by atoms with van der Waals surface area (Å²) in [7, 11) is 0. The molecule has 1 N–H and O–H groups in total. The van der Waals surface area contributed by atoms with Crippen LogP contribution >= 0.6 is 12.2 Å². The lowest BCUT2D eigenvalue weighted by atomic mass is 10.2. The Morgan fingerprint density at radius 2 is 2.18 bits per heavy atom. The molecular formula is C21H22N2O4S. The largest absolute Gasteiger partial charge is 0.485 e. The van der Waals surface area contributed by atoms with Crippen molar-refractivity contribution >= 4 is 29.3 Å². The van der Waals surface area contributed by atoms with Gasteiger partial charge in [0.05, 0.1) is 12.6 Å². The van der Waals surface area contributed by atoms with Gasteiger partial charge in [-0.25, -0.2) is 0 Å². The summed E-state index contributed by atoms with van der Waals surface area (Å²) in [5, 5.41) is 3.38. The van der Waals surface area contributed by atoms with Crippen molar-refractivity contribution in [1.82, 2.24) is 10.2 Å². The van der Waals surface area contributed by atoms with E-state index in [1.807, 2.05) is 43.3 Å². The van der Waals surface area contributed by atoms with E-state index in [1.165, 1.54) is 0 Å². The number of nitrogens with one attached hydrogen (secondary N) is 1. The van der Waals surface area contributed by atoms with Crippen molar-refractivity contribution < 1.29 is 18.7 Å². The van der Waals surface area contributed by atoms with E-state index in [-0.39, 0.29) is 12.0 Å². The third-order valence-corrected chi connectivity index (χ3v) is 5.13. The zero-order chi connectivity index (χ0) is 19.5. The molecule has 0 spiro atoms. The van der Waals surface area contributed by atoms with E-state index in [1.54, 1.807) is 11.0 Å². The highest BCUT2D eigenvalue weighted by Gasteiger charge is 2.33. The minimum absolute atomic E-state index is 0.0526. The van der Waals surface area contributed by atoms with Crippen LogP contribution < -0.4 is 10.1 Å². The van der Waals surface area contributed by atoms with Gasteiger partial charge < -0.3 is 19.2 Å². The Labute approximate surface area is 169 Å². The fourth-order valence-electron chi connectivity index (χ4n) is 3.29. The quantitative estimate of drug-likeness (QED) is 0.594. The molecule has 2 saturated heterocycles. The number of carbonyl (C=O) groups excluding carboxylic acids is 1. The van der Waals surface area contributed by atoms with E-state index >= 15 is 0 Å². The van der Waals surface area contributed by atoms with Crippen molar-refractivity contribution in [2.24, 2.45) is 0 Å². The number of rotatable bonds is 6. The Bertz CT molecular complexity index is 915. The Hall–Kier alpha value is -2.64. The summed E-state index contributed by atoms with van der Waals surface area (Å²) in [5.41, 5.74) is 1.47. The Balaban J connectivity index is 1.39. The van der Waals surface area contributed by atoms with Crippen molar-refractivity contribution in [3.8, 4) is 5.75 Å². The molecule has 1 aromatic carbocycles. The van der Waals surface area contributed by atoms with Crippen LogP contribution in [0.4, 0.5) is 0 Å². The van der Waals surface area contributed by atoms with Gasteiger partial charge in [-0.3, -0.25) is 9.69 Å². The fourth-order valence-corrected chi connectivity index (χ4v) is 3.56. The fraction of sp³-hybridized carbons (Fsp3) is 0.333. The number of furan rings is 1. The first kappa shape index (κ1) is 18.7. The minimum Gasteiger partial charge on any atom is -0.485 e. The molecule has 1 aromatic heterocycles. The number of amides is 1. The standard InChI is InChI=1S/C21H22N2O4S/c1-14-5-2-3-7-19(14)26-13-17-9-8-15(27-17)11-18-20(24)23(21(28)22-18)12-16-6-4-10-25-16/h2-3,5,7-9,11,16H,4,6,10,12-13H2,1H3,(H,22,28)/b18-11+. The zero-order valence-corrected chi connectivity index (χ0v) is 16.5. The van der Waals surface area contributed by atoms with Crippen molar-refractivity contribution in [2.45, 2.75) is 32.5 Å². The van der Waals surface area contributed by atoms with Gasteiger partial charge in [0, 0.05) is 12.7 Å². The second kappa shape index (κ2) is 8.16. The van der Waals surface area contributed by atoms with Gasteiger partial charge >= 0.3 is 0 Å². The number of aryl methyl sites for hydroxylation is 1. The van der Waals surface area contributed by atoms with E-state index in [0.29, 0.717) is 35.5 Å². The number of hydrogen-bond acceptors (Lipinski definition) is 5. The summed E-state index contributed by atoms with van der Waals surface area (Å²) in [4.78, 5) is 14.2. The van der Waals surface area contributed by atoms with Gasteiger partial charge in [0.2, 0.25) is 0 Å². The first-order valence-electron chi connectivity index (χ1n) is 9.33. The summed E-state index contributed by atoms with van der Waals surface area (Å²) < 4.78 is 17.2. The second-order valence-corrected chi connectivity index (χ2v) is 7.28. The third-order valence-electron chi connectivity index (χ3n) is 4.81. The topological polar surface area (TPSA) is 63.9 Å². The van der Waals surface area contributed by atoms with Crippen LogP contribution in [0.3, 0.4) is 0 Å². The molecule has 2 aliphatic heterocycles. The van der Waals surface area contributed by atoms with Gasteiger partial charge in [-0.05, 0) is 55.7 Å². The van der Waals surface area contributed by atoms with Gasteiger partial charge in [0.25, 0.3) is 5.91 Å². The van der Waals surface area contributed by atoms with Crippen LogP contribution in [0.15, 0.2) is 46.5 Å². The molecule has 0 aliphatic carbocycles. The smallest absolute Gasteiger partial charge is 0.276 e. The monoisotopic (exact) mass is 398 g/mol. The average Bonchev–Trinajstić information content (AvgIpc) is 3.41. The van der Waals surface area contributed by atoms with Gasteiger partial charge in [0.15, 0.2) is 5.11 Å². The number of hydrogen-bond donors (Lipinski definition) is 1. The highest BCUT2D eigenvalue weighted by molar-refractivity contribution is 7.80. The van der Waals surface area contributed by atoms with Gasteiger partial charge in [-0.2, -0.15) is 0 Å². The molecule has 3 heterocycles. The lowest BCUT2D eigenvalue weighted by Gasteiger charge is -2.18. The average molecular weight is 398 g/mol. The molecule has 6 nitrogen and oxygen atoms in total. The van der Waals surface area contributed by atoms with Crippen LogP contribution in [-0.2, 0) is 16.1 Å². The second-order valence-electron chi connectivity index (χ2n) is 6.90. The van der Waals surface area contributed by atoms with Crippen LogP contribution in [-0.4, -0.2) is 35.2 Å². The Kier molecular flexibility index (Phi) is 5.45. The van der Waals surface area contributed by atoms with E-state index in [0.717, 1.165) is 30.8 Å². The predicted molar refractivity (Wildman–Crippen MR) is 109 cm³/mol. The number of para-hydroxylation sites is 1. The molecule has 0 saturated carbocycles. The first-order valence-corrected chi connectivity index (χ1v) is 9.74. The van der Waals surface area contributed by atoms with Crippen molar-refractivity contribution in [1.29, 1.82) is 0 Å². The van der Waals surface area contributed by atoms with Gasteiger partial charge in [-0.15, -0.1) is 0 Å². The van der Waals surface area contributed by atoms with Crippen molar-refractivity contribution in [2.75, 3.05) is 13.2 Å². The van der Waals surface area contributed by atoms with E-state index < -0.39 is 0 Å². The zero-order valence-electron chi connectivity index (χ0n) is 15.6. The molecule has 2 fully saturated rings. The van der Waals surface area contributed by atoms with Crippen molar-refractivity contribution in [3.05, 3.63) is 59.2 Å². The molecule has 2 aromatic rings. The molecule has 28 heavy (non-hydrogen) atoms. The predicted octanol–water partition coefficient (Wildman–Crippen LogP) is 3.40. The summed E-state index contributed by atoms with van der Waals surface area (Å²) >= 11 is 5.31. The maximum absolute atomic E-state index is 12.6. The molecule has 146 valence electrons. The summed E-state index contributed by atoms with van der Waals surface area (Å²) in [6, 6.07) is 11.5. The van der Waals surface area contributed by atoms with Gasteiger partial charge in [0.1, 0.15) is 29.6 Å². The molecule has 1 amide bonds. The van der Waals surface area contributed by atoms with Crippen LogP contribution in [0.2, 0.25) is 0 Å². The lowest BCUT2D eigenvalue weighted by molar-refractivity contribution is -0.123. The van der Waals surface area contributed by atoms with Gasteiger partial charge in [-0.1, -0.05) is 18.2 Å². The highest BCUT2D eigenvalue weighted by Crippen LogP contribution is 2.21. The summed E-state index contributed by atoms with van der Waals surface area (Å²) in [5.74, 6) is 1.91. The molecule has 1 atom stereocenters. The lowest BCUT2D eigenvalue weighted by Crippen LogP contribution is -2.37. The van der Waals surface area contributed by atoms with Crippen molar-refractivity contribution in [3.63, 3.8) is 0 Å². The SMILES string of the molecule is Cc1ccccc1OCc1ccc(/C=C2/NC(=S)N(CC3CCCO3)C2=O)o1. The Morgan fingerprint density at radius 3 is 2.96 bits per heavy atom. The third kappa shape index (κ3) is 4.10. The normalized spacial score (nSPS) is 20.8. The molecule has 0 bridgehead atoms. The molecule has 4 rings (SSSR count). The molecule has 7 heteroatoms. The minimum atomic E-state index is -0.158. The maximum atomic E-state index is 12.6. The molecule has 1 unspecified atom stereocenters. The van der Waals surface area contributed by atoms with Crippen LogP contribution in [0.5, 0.6) is 5.75 Å². The van der Waals surface area contributed by atoms with E-state index in [2.05, 4.69) is 5.32 Å². The number of nitrogens with zero attached hydrogens (tertiary/aromatic N) is 1. The van der Waals surface area contributed by atoms with E-state index in [4.69, 9.17) is 26.1 Å². The first-order chi connectivity index (χ1) is 13.6. The Morgan fingerprint density at radius 1 is 1.32 bits per heavy atom. The maximum Gasteiger partial charge on any atom is 0.276 e. The summed E-state index contributed by atoms with van der Waals surface area (Å²) in [6.07, 6.45) is 3.70. The number of carbonyl (C=O) groups is 1. The summed E-state index contributed by atoms with van der Waals surface area (Å²) in [6.45, 7) is 3.54. The van der Waals surface area contributed by atoms with E-state index in [9.17, 15) is 4.79 Å². The number of ether oxygens (including phenoxy) is 2. The van der Waals surface area contributed by atoms with Crippen LogP contribution in [0, 0.1) is 6.92 Å². The number of benzene rings is 1. The highest BCUT2D eigenvalue weighted by atomic mass is 32.1. The van der Waals surface area contributed by atoms with Crippen LogP contribution in [0.25, 0.3) is 6.08 Å². The molecule has 2 aliphatic rings.